The smallest absolute Gasteiger partial charge is 0.247 e. The van der Waals surface area contributed by atoms with E-state index in [2.05, 4.69) is 66.1 Å². The van der Waals surface area contributed by atoms with Crippen LogP contribution < -0.4 is 4.57 Å². The van der Waals surface area contributed by atoms with E-state index < -0.39 is 0 Å². The SMILES string of the molecule is CCCCCCCCCCCCCCCCC[C@H](CCCCCCCCCCC)c1[nH]cc[n+]1Cc1ccccc1. The Morgan fingerprint density at radius 2 is 0.902 bits per heavy atom. The molecule has 1 aromatic heterocycles. The van der Waals surface area contributed by atoms with Gasteiger partial charge in [0.2, 0.25) is 0 Å². The fourth-order valence-electron chi connectivity index (χ4n) is 6.53. The lowest BCUT2D eigenvalue weighted by Gasteiger charge is -2.14. The first-order valence-electron chi connectivity index (χ1n) is 18.5. The van der Waals surface area contributed by atoms with Gasteiger partial charge < -0.3 is 0 Å². The number of imidazole rings is 1. The summed E-state index contributed by atoms with van der Waals surface area (Å²) in [5.74, 6) is 2.12. The van der Waals surface area contributed by atoms with Crippen LogP contribution in [-0.4, -0.2) is 4.98 Å². The third-order valence-electron chi connectivity index (χ3n) is 9.19. The number of hydrogen-bond acceptors (Lipinski definition) is 0. The van der Waals surface area contributed by atoms with E-state index in [1.54, 1.807) is 0 Å². The minimum Gasteiger partial charge on any atom is -0.247 e. The Morgan fingerprint density at radius 1 is 0.512 bits per heavy atom. The Labute approximate surface area is 256 Å². The fraction of sp³-hybridized carbons (Fsp3) is 0.769. The molecule has 0 spiro atoms. The molecule has 234 valence electrons. The summed E-state index contributed by atoms with van der Waals surface area (Å²) in [5.41, 5.74) is 1.40. The molecule has 0 aliphatic carbocycles. The number of H-pyrrole nitrogens is 1. The molecule has 0 saturated carbocycles. The Bertz CT molecular complexity index is 795. The van der Waals surface area contributed by atoms with Crippen LogP contribution in [0.2, 0.25) is 0 Å². The number of aromatic amines is 1. The molecule has 0 fully saturated rings. The highest BCUT2D eigenvalue weighted by Crippen LogP contribution is 2.26. The highest BCUT2D eigenvalue weighted by Gasteiger charge is 2.22. The Morgan fingerprint density at radius 3 is 1.32 bits per heavy atom. The van der Waals surface area contributed by atoms with Gasteiger partial charge in [-0.25, -0.2) is 9.55 Å². The molecular formula is C39H69N2+. The standard InChI is InChI=1S/C39H68N2/c1-3-5-7-9-11-13-14-15-16-17-18-20-22-24-29-33-38(32-28-23-21-19-12-10-8-6-4-2)39-40-34-35-41(39)36-37-30-26-25-27-31-37/h25-27,30-31,34-35,38H,3-24,28-29,32-33,36H2,1-2H3/p+1/t38-/m0/s1. The fourth-order valence-corrected chi connectivity index (χ4v) is 6.53. The first kappa shape index (κ1) is 35.6. The summed E-state index contributed by atoms with van der Waals surface area (Å²) < 4.78 is 2.49. The van der Waals surface area contributed by atoms with Crippen molar-refractivity contribution in [1.29, 1.82) is 0 Å². The van der Waals surface area contributed by atoms with Gasteiger partial charge in [0.1, 0.15) is 18.9 Å². The maximum atomic E-state index is 3.67. The van der Waals surface area contributed by atoms with E-state index in [0.717, 1.165) is 6.54 Å². The zero-order chi connectivity index (χ0) is 29.1. The largest absolute Gasteiger partial charge is 0.257 e. The van der Waals surface area contributed by atoms with Gasteiger partial charge in [0, 0.05) is 0 Å². The first-order valence-corrected chi connectivity index (χ1v) is 18.5. The molecule has 0 aliphatic rings. The summed E-state index contributed by atoms with van der Waals surface area (Å²) in [6.45, 7) is 5.59. The highest BCUT2D eigenvalue weighted by molar-refractivity contribution is 5.13. The number of benzene rings is 1. The van der Waals surface area contributed by atoms with Crippen LogP contribution in [0.3, 0.4) is 0 Å². The summed E-state index contributed by atoms with van der Waals surface area (Å²) in [7, 11) is 0. The van der Waals surface area contributed by atoms with Crippen LogP contribution in [0, 0.1) is 0 Å². The van der Waals surface area contributed by atoms with Crippen LogP contribution >= 0.6 is 0 Å². The Balaban J connectivity index is 1.64. The average Bonchev–Trinajstić information content (AvgIpc) is 3.45. The predicted octanol–water partition coefficient (Wildman–Crippen LogP) is 12.6. The number of aromatic nitrogens is 2. The molecular weight excluding hydrogens is 496 g/mol. The van der Waals surface area contributed by atoms with Gasteiger partial charge >= 0.3 is 0 Å². The molecule has 41 heavy (non-hydrogen) atoms. The predicted molar refractivity (Wildman–Crippen MR) is 181 cm³/mol. The zero-order valence-electron chi connectivity index (χ0n) is 27.7. The van der Waals surface area contributed by atoms with Gasteiger partial charge in [-0.2, -0.15) is 0 Å². The van der Waals surface area contributed by atoms with Gasteiger partial charge in [0.25, 0.3) is 5.82 Å². The van der Waals surface area contributed by atoms with E-state index in [4.69, 9.17) is 0 Å². The monoisotopic (exact) mass is 566 g/mol. The molecule has 2 nitrogen and oxygen atoms in total. The molecule has 0 aliphatic heterocycles. The molecule has 1 atom stereocenters. The van der Waals surface area contributed by atoms with Crippen LogP contribution in [-0.2, 0) is 6.54 Å². The van der Waals surface area contributed by atoms with E-state index in [-0.39, 0.29) is 0 Å². The van der Waals surface area contributed by atoms with Gasteiger partial charge in [-0.05, 0) is 18.4 Å². The van der Waals surface area contributed by atoms with Gasteiger partial charge in [-0.1, -0.05) is 198 Å². The molecule has 0 saturated heterocycles. The maximum Gasteiger partial charge on any atom is 0.257 e. The first-order chi connectivity index (χ1) is 20.3. The van der Waals surface area contributed by atoms with Crippen molar-refractivity contribution in [2.75, 3.05) is 0 Å². The molecule has 0 bridgehead atoms. The molecule has 0 unspecified atom stereocenters. The second kappa shape index (κ2) is 26.1. The van der Waals surface area contributed by atoms with Crippen molar-refractivity contribution in [3.63, 3.8) is 0 Å². The summed E-state index contributed by atoms with van der Waals surface area (Å²) in [5, 5.41) is 0. The molecule has 1 N–H and O–H groups in total. The van der Waals surface area contributed by atoms with E-state index in [0.29, 0.717) is 5.92 Å². The van der Waals surface area contributed by atoms with Crippen molar-refractivity contribution in [1.82, 2.24) is 4.98 Å². The van der Waals surface area contributed by atoms with Crippen LogP contribution in [0.15, 0.2) is 42.7 Å². The molecule has 0 amide bonds. The van der Waals surface area contributed by atoms with E-state index in [9.17, 15) is 0 Å². The summed E-state index contributed by atoms with van der Waals surface area (Å²) in [4.78, 5) is 3.67. The number of unbranched alkanes of at least 4 members (excludes halogenated alkanes) is 22. The van der Waals surface area contributed by atoms with Crippen molar-refractivity contribution in [3.8, 4) is 0 Å². The minimum absolute atomic E-state index is 0.667. The third-order valence-corrected chi connectivity index (χ3v) is 9.19. The van der Waals surface area contributed by atoms with Crippen LogP contribution in [0.1, 0.15) is 198 Å². The second-order valence-corrected chi connectivity index (χ2v) is 13.0. The number of hydrogen-bond donors (Lipinski definition) is 1. The third kappa shape index (κ3) is 18.6. The van der Waals surface area contributed by atoms with Crippen LogP contribution in [0.25, 0.3) is 0 Å². The molecule has 2 heteroatoms. The summed E-state index contributed by atoms with van der Waals surface area (Å²) in [6.07, 6.45) is 41.4. The summed E-state index contributed by atoms with van der Waals surface area (Å²) in [6, 6.07) is 11.0. The molecule has 1 heterocycles. The molecule has 1 aromatic carbocycles. The molecule has 2 aromatic rings. The quantitative estimate of drug-likeness (QED) is 0.0747. The van der Waals surface area contributed by atoms with E-state index in [1.807, 2.05) is 0 Å². The highest BCUT2D eigenvalue weighted by atomic mass is 15.1. The normalized spacial score (nSPS) is 12.2. The van der Waals surface area contributed by atoms with Crippen molar-refractivity contribution in [2.45, 2.75) is 193 Å². The van der Waals surface area contributed by atoms with Crippen molar-refractivity contribution >= 4 is 0 Å². The Hall–Kier alpha value is -1.57. The maximum absolute atomic E-state index is 3.67. The molecule has 0 radical (unpaired) electrons. The number of rotatable bonds is 29. The van der Waals surface area contributed by atoms with Crippen molar-refractivity contribution in [3.05, 3.63) is 54.1 Å². The van der Waals surface area contributed by atoms with E-state index >= 15 is 0 Å². The van der Waals surface area contributed by atoms with Gasteiger partial charge in [0.15, 0.2) is 0 Å². The van der Waals surface area contributed by atoms with E-state index in [1.165, 1.54) is 178 Å². The van der Waals surface area contributed by atoms with Crippen molar-refractivity contribution < 1.29 is 4.57 Å². The number of nitrogens with zero attached hydrogens (tertiary/aromatic N) is 1. The van der Waals surface area contributed by atoms with Gasteiger partial charge in [-0.3, -0.25) is 0 Å². The lowest BCUT2D eigenvalue weighted by atomic mass is 9.93. The second-order valence-electron chi connectivity index (χ2n) is 13.0. The Kier molecular flexibility index (Phi) is 22.7. The van der Waals surface area contributed by atoms with Gasteiger partial charge in [0.05, 0.1) is 5.92 Å². The summed E-state index contributed by atoms with van der Waals surface area (Å²) >= 11 is 0. The van der Waals surface area contributed by atoms with Crippen molar-refractivity contribution in [2.24, 2.45) is 0 Å². The molecule has 2 rings (SSSR count). The number of nitrogens with one attached hydrogen (secondary N) is 1. The lowest BCUT2D eigenvalue weighted by molar-refractivity contribution is -0.695. The van der Waals surface area contributed by atoms with Crippen LogP contribution in [0.5, 0.6) is 0 Å². The lowest BCUT2D eigenvalue weighted by Crippen LogP contribution is -2.38. The van der Waals surface area contributed by atoms with Gasteiger partial charge in [-0.15, -0.1) is 0 Å². The zero-order valence-corrected chi connectivity index (χ0v) is 27.7. The minimum atomic E-state index is 0.667. The average molecular weight is 566 g/mol. The van der Waals surface area contributed by atoms with Crippen LogP contribution in [0.4, 0.5) is 0 Å². The topological polar surface area (TPSA) is 19.7 Å².